The molecule has 0 bridgehead atoms. The van der Waals surface area contributed by atoms with Gasteiger partial charge in [-0.25, -0.2) is 0 Å². The Labute approximate surface area is 129 Å². The Morgan fingerprint density at radius 2 is 1.95 bits per heavy atom. The van der Waals surface area contributed by atoms with Crippen LogP contribution >= 0.6 is 22.9 Å². The van der Waals surface area contributed by atoms with Gasteiger partial charge in [0.25, 0.3) is 0 Å². The number of benzene rings is 1. The van der Waals surface area contributed by atoms with Gasteiger partial charge in [0.1, 0.15) is 5.75 Å². The van der Waals surface area contributed by atoms with E-state index in [1.807, 2.05) is 18.2 Å². The third-order valence-electron chi connectivity index (χ3n) is 3.28. The molecule has 1 aromatic carbocycles. The van der Waals surface area contributed by atoms with Crippen LogP contribution in [0.15, 0.2) is 36.4 Å². The lowest BCUT2D eigenvalue weighted by Gasteiger charge is -2.13. The normalized spacial score (nSPS) is 12.3. The number of halogens is 1. The standard InChI is InChI=1S/C16H20ClNOS/c1-12(18-11-15-9-10-16(17)20-15)3-4-13-5-7-14(19-2)8-6-13/h5-10,12,18H,3-4,11H2,1-2H3. The third-order valence-corrected chi connectivity index (χ3v) is 4.51. The zero-order valence-corrected chi connectivity index (χ0v) is 13.4. The van der Waals surface area contributed by atoms with Crippen molar-refractivity contribution < 1.29 is 4.74 Å². The van der Waals surface area contributed by atoms with Gasteiger partial charge in [0.15, 0.2) is 0 Å². The number of rotatable bonds is 7. The van der Waals surface area contributed by atoms with Gasteiger partial charge in [-0.05, 0) is 49.6 Å². The summed E-state index contributed by atoms with van der Waals surface area (Å²) in [4.78, 5) is 1.28. The van der Waals surface area contributed by atoms with Crippen molar-refractivity contribution in [3.05, 3.63) is 51.2 Å². The molecule has 0 saturated heterocycles. The highest BCUT2D eigenvalue weighted by atomic mass is 35.5. The van der Waals surface area contributed by atoms with Crippen molar-refractivity contribution >= 4 is 22.9 Å². The highest BCUT2D eigenvalue weighted by molar-refractivity contribution is 7.16. The number of ether oxygens (including phenoxy) is 1. The first-order chi connectivity index (χ1) is 9.67. The highest BCUT2D eigenvalue weighted by Crippen LogP contribution is 2.21. The minimum atomic E-state index is 0.484. The molecule has 20 heavy (non-hydrogen) atoms. The number of aryl methyl sites for hydroxylation is 1. The van der Waals surface area contributed by atoms with Crippen LogP contribution in [0.5, 0.6) is 5.75 Å². The van der Waals surface area contributed by atoms with Crippen LogP contribution < -0.4 is 10.1 Å². The van der Waals surface area contributed by atoms with Gasteiger partial charge in [-0.3, -0.25) is 0 Å². The summed E-state index contributed by atoms with van der Waals surface area (Å²) in [6, 6.07) is 12.8. The van der Waals surface area contributed by atoms with E-state index in [0.29, 0.717) is 6.04 Å². The monoisotopic (exact) mass is 309 g/mol. The summed E-state index contributed by atoms with van der Waals surface area (Å²) in [6.45, 7) is 3.11. The summed E-state index contributed by atoms with van der Waals surface area (Å²) >= 11 is 7.56. The zero-order valence-electron chi connectivity index (χ0n) is 11.9. The van der Waals surface area contributed by atoms with Crippen LogP contribution in [0.3, 0.4) is 0 Å². The Morgan fingerprint density at radius 1 is 1.20 bits per heavy atom. The number of hydrogen-bond donors (Lipinski definition) is 1. The fourth-order valence-corrected chi connectivity index (χ4v) is 3.04. The first kappa shape index (κ1) is 15.4. The van der Waals surface area contributed by atoms with Crippen LogP contribution in [0, 0.1) is 0 Å². The highest BCUT2D eigenvalue weighted by Gasteiger charge is 2.04. The summed E-state index contributed by atoms with van der Waals surface area (Å²) in [5.41, 5.74) is 1.35. The van der Waals surface area contributed by atoms with E-state index in [-0.39, 0.29) is 0 Å². The maximum Gasteiger partial charge on any atom is 0.118 e. The van der Waals surface area contributed by atoms with E-state index in [1.54, 1.807) is 18.4 Å². The van der Waals surface area contributed by atoms with Crippen molar-refractivity contribution in [3.8, 4) is 5.75 Å². The molecule has 1 N–H and O–H groups in total. The molecule has 2 rings (SSSR count). The first-order valence-corrected chi connectivity index (χ1v) is 7.97. The first-order valence-electron chi connectivity index (χ1n) is 6.78. The molecule has 0 fully saturated rings. The molecular weight excluding hydrogens is 290 g/mol. The number of thiophene rings is 1. The van der Waals surface area contributed by atoms with E-state index < -0.39 is 0 Å². The molecule has 108 valence electrons. The average molecular weight is 310 g/mol. The largest absolute Gasteiger partial charge is 0.497 e. The Morgan fingerprint density at radius 3 is 2.55 bits per heavy atom. The molecule has 0 aliphatic rings. The van der Waals surface area contributed by atoms with E-state index in [9.17, 15) is 0 Å². The lowest BCUT2D eigenvalue weighted by Crippen LogP contribution is -2.25. The van der Waals surface area contributed by atoms with Crippen molar-refractivity contribution in [2.24, 2.45) is 0 Å². The fraction of sp³-hybridized carbons (Fsp3) is 0.375. The Hall–Kier alpha value is -1.03. The van der Waals surface area contributed by atoms with Gasteiger partial charge in [0.05, 0.1) is 11.4 Å². The lowest BCUT2D eigenvalue weighted by molar-refractivity contribution is 0.414. The van der Waals surface area contributed by atoms with Gasteiger partial charge in [0, 0.05) is 17.5 Å². The van der Waals surface area contributed by atoms with Gasteiger partial charge in [0.2, 0.25) is 0 Å². The minimum Gasteiger partial charge on any atom is -0.497 e. The van der Waals surface area contributed by atoms with E-state index in [1.165, 1.54) is 10.4 Å². The molecule has 0 saturated carbocycles. The molecule has 0 amide bonds. The van der Waals surface area contributed by atoms with Crippen molar-refractivity contribution in [2.45, 2.75) is 32.4 Å². The quantitative estimate of drug-likeness (QED) is 0.812. The van der Waals surface area contributed by atoms with E-state index in [0.717, 1.165) is 29.5 Å². The Kier molecular flexibility index (Phi) is 5.89. The lowest BCUT2D eigenvalue weighted by atomic mass is 10.1. The average Bonchev–Trinajstić information content (AvgIpc) is 2.89. The molecule has 4 heteroatoms. The van der Waals surface area contributed by atoms with Gasteiger partial charge >= 0.3 is 0 Å². The van der Waals surface area contributed by atoms with Gasteiger partial charge in [-0.1, -0.05) is 23.7 Å². The minimum absolute atomic E-state index is 0.484. The second-order valence-electron chi connectivity index (χ2n) is 4.87. The molecule has 0 aliphatic heterocycles. The molecule has 0 radical (unpaired) electrons. The molecule has 1 unspecified atom stereocenters. The summed E-state index contributed by atoms with van der Waals surface area (Å²) < 4.78 is 6.02. The smallest absolute Gasteiger partial charge is 0.118 e. The molecule has 0 spiro atoms. The second-order valence-corrected chi connectivity index (χ2v) is 6.67. The zero-order chi connectivity index (χ0) is 14.4. The van der Waals surface area contributed by atoms with Crippen LogP contribution in [-0.4, -0.2) is 13.2 Å². The molecule has 1 aromatic heterocycles. The summed E-state index contributed by atoms with van der Waals surface area (Å²) in [7, 11) is 1.69. The fourth-order valence-electron chi connectivity index (χ4n) is 2.00. The van der Waals surface area contributed by atoms with Crippen LogP contribution in [0.1, 0.15) is 23.8 Å². The maximum atomic E-state index is 5.92. The van der Waals surface area contributed by atoms with E-state index >= 15 is 0 Å². The Bertz CT molecular complexity index is 524. The summed E-state index contributed by atoms with van der Waals surface area (Å²) in [5, 5.41) is 3.53. The molecule has 2 aromatic rings. The van der Waals surface area contributed by atoms with Crippen molar-refractivity contribution in [2.75, 3.05) is 7.11 Å². The van der Waals surface area contributed by atoms with Gasteiger partial charge in [-0.15, -0.1) is 11.3 Å². The van der Waals surface area contributed by atoms with Gasteiger partial charge in [-0.2, -0.15) is 0 Å². The molecule has 2 nitrogen and oxygen atoms in total. The van der Waals surface area contributed by atoms with Crippen LogP contribution in [-0.2, 0) is 13.0 Å². The van der Waals surface area contributed by atoms with Crippen LogP contribution in [0.25, 0.3) is 0 Å². The van der Waals surface area contributed by atoms with Crippen molar-refractivity contribution in [1.82, 2.24) is 5.32 Å². The maximum absolute atomic E-state index is 5.92. The van der Waals surface area contributed by atoms with Gasteiger partial charge < -0.3 is 10.1 Å². The van der Waals surface area contributed by atoms with Crippen LogP contribution in [0.4, 0.5) is 0 Å². The van der Waals surface area contributed by atoms with E-state index in [2.05, 4.69) is 30.4 Å². The predicted octanol–water partition coefficient (Wildman–Crippen LogP) is 4.52. The predicted molar refractivity (Wildman–Crippen MR) is 86.9 cm³/mol. The number of hydrogen-bond acceptors (Lipinski definition) is 3. The molecule has 0 aliphatic carbocycles. The molecular formula is C16H20ClNOS. The van der Waals surface area contributed by atoms with Crippen molar-refractivity contribution in [3.63, 3.8) is 0 Å². The molecule has 1 heterocycles. The van der Waals surface area contributed by atoms with Crippen LogP contribution in [0.2, 0.25) is 4.34 Å². The van der Waals surface area contributed by atoms with E-state index in [4.69, 9.17) is 16.3 Å². The van der Waals surface area contributed by atoms with Crippen molar-refractivity contribution in [1.29, 1.82) is 0 Å². The topological polar surface area (TPSA) is 21.3 Å². The third kappa shape index (κ3) is 4.82. The number of nitrogens with one attached hydrogen (secondary N) is 1. The SMILES string of the molecule is COc1ccc(CCC(C)NCc2ccc(Cl)s2)cc1. The second kappa shape index (κ2) is 7.67. The number of methoxy groups -OCH3 is 1. The summed E-state index contributed by atoms with van der Waals surface area (Å²) in [5.74, 6) is 0.912. The Balaban J connectivity index is 1.72. The molecule has 1 atom stereocenters. The summed E-state index contributed by atoms with van der Waals surface area (Å²) in [6.07, 6.45) is 2.19.